The summed E-state index contributed by atoms with van der Waals surface area (Å²) < 4.78 is 7.06. The van der Waals surface area contributed by atoms with Gasteiger partial charge in [0.05, 0.1) is 11.2 Å². The number of unbranched alkanes of at least 4 members (excludes halogenated alkanes) is 2. The van der Waals surface area contributed by atoms with Crippen LogP contribution >= 0.6 is 0 Å². The van der Waals surface area contributed by atoms with Gasteiger partial charge in [-0.1, -0.05) is 80.1 Å². The van der Waals surface area contributed by atoms with Crippen LogP contribution in [-0.4, -0.2) is 11.2 Å². The van der Waals surface area contributed by atoms with Crippen LogP contribution in [0.25, 0.3) is 0 Å². The molecule has 0 aromatic carbocycles. The highest BCUT2D eigenvalue weighted by Crippen LogP contribution is 2.41. The normalized spacial score (nSPS) is 19.8. The molecule has 0 spiro atoms. The molecule has 0 aliphatic rings. The van der Waals surface area contributed by atoms with E-state index in [9.17, 15) is 0 Å². The summed E-state index contributed by atoms with van der Waals surface area (Å²) in [7, 11) is 0. The minimum atomic E-state index is 0.0243. The van der Waals surface area contributed by atoms with E-state index in [2.05, 4.69) is 55.4 Å². The molecule has 0 aliphatic heterocycles. The van der Waals surface area contributed by atoms with Crippen LogP contribution in [0.3, 0.4) is 0 Å². The third-order valence-electron chi connectivity index (χ3n) is 6.05. The fraction of sp³-hybridized carbons (Fsp3) is 1.00. The van der Waals surface area contributed by atoms with Crippen LogP contribution in [0.2, 0.25) is 0 Å². The maximum atomic E-state index is 7.06. The van der Waals surface area contributed by atoms with Crippen molar-refractivity contribution in [2.75, 3.05) is 0 Å². The van der Waals surface area contributed by atoms with Gasteiger partial charge in [0.15, 0.2) is 0 Å². The van der Waals surface area contributed by atoms with Crippen molar-refractivity contribution in [3.63, 3.8) is 0 Å². The minimum absolute atomic E-state index is 0.0243. The lowest BCUT2D eigenvalue weighted by molar-refractivity contribution is -0.194. The third-order valence-corrected chi connectivity index (χ3v) is 6.05. The lowest BCUT2D eigenvalue weighted by Crippen LogP contribution is -2.48. The fourth-order valence-electron chi connectivity index (χ4n) is 3.86. The molecule has 0 aliphatic carbocycles. The molecule has 0 aromatic rings. The number of ether oxygens (including phenoxy) is 1. The molecule has 4 unspecified atom stereocenters. The summed E-state index contributed by atoms with van der Waals surface area (Å²) in [5.74, 6) is 1.27. The highest BCUT2D eigenvalue weighted by atomic mass is 16.5. The third kappa shape index (κ3) is 7.59. The molecule has 4 atom stereocenters. The van der Waals surface area contributed by atoms with Crippen molar-refractivity contribution in [1.29, 1.82) is 0 Å². The van der Waals surface area contributed by atoms with Gasteiger partial charge >= 0.3 is 0 Å². The summed E-state index contributed by atoms with van der Waals surface area (Å²) in [6, 6.07) is 0. The number of rotatable bonds is 14. The van der Waals surface area contributed by atoms with Gasteiger partial charge in [0.25, 0.3) is 0 Å². The Kier molecular flexibility index (Phi) is 11.5. The van der Waals surface area contributed by atoms with Crippen LogP contribution in [0.5, 0.6) is 0 Å². The number of hydrogen-bond donors (Lipinski definition) is 0. The molecule has 0 N–H and O–H groups in total. The Morgan fingerprint density at radius 3 is 1.26 bits per heavy atom. The Hall–Kier alpha value is -0.0400. The molecule has 0 fully saturated rings. The van der Waals surface area contributed by atoms with Gasteiger partial charge in [0, 0.05) is 0 Å². The van der Waals surface area contributed by atoms with Crippen molar-refractivity contribution in [2.45, 2.75) is 131 Å². The second-order valence-corrected chi connectivity index (χ2v) is 8.31. The predicted molar refractivity (Wildman–Crippen MR) is 105 cm³/mol. The van der Waals surface area contributed by atoms with Gasteiger partial charge in [-0.05, 0) is 51.4 Å². The van der Waals surface area contributed by atoms with E-state index in [1.54, 1.807) is 0 Å². The van der Waals surface area contributed by atoms with Crippen molar-refractivity contribution in [1.82, 2.24) is 0 Å². The molecule has 0 amide bonds. The molecular formula is C22H46O. The monoisotopic (exact) mass is 326 g/mol. The second-order valence-electron chi connectivity index (χ2n) is 8.31. The van der Waals surface area contributed by atoms with E-state index in [0.717, 1.165) is 0 Å². The average Bonchev–Trinajstić information content (AvgIpc) is 2.51. The molecule has 0 aromatic heterocycles. The van der Waals surface area contributed by atoms with Gasteiger partial charge in [-0.2, -0.15) is 0 Å². The van der Waals surface area contributed by atoms with Crippen molar-refractivity contribution < 1.29 is 4.74 Å². The zero-order valence-corrected chi connectivity index (χ0v) is 17.6. The first-order chi connectivity index (χ1) is 10.8. The minimum Gasteiger partial charge on any atom is -0.369 e. The fourth-order valence-corrected chi connectivity index (χ4v) is 3.86. The van der Waals surface area contributed by atoms with Crippen LogP contribution in [0, 0.1) is 11.8 Å². The Balaban J connectivity index is 5.30. The van der Waals surface area contributed by atoms with E-state index in [1.165, 1.54) is 64.2 Å². The van der Waals surface area contributed by atoms with Crippen molar-refractivity contribution in [2.24, 2.45) is 11.8 Å². The summed E-state index contributed by atoms with van der Waals surface area (Å²) in [4.78, 5) is 0. The highest BCUT2D eigenvalue weighted by molar-refractivity contribution is 4.90. The molecule has 1 nitrogen and oxygen atoms in total. The highest BCUT2D eigenvalue weighted by Gasteiger charge is 2.41. The molecule has 0 rings (SSSR count). The molecule has 0 saturated heterocycles. The number of hydrogen-bond acceptors (Lipinski definition) is 1. The van der Waals surface area contributed by atoms with Gasteiger partial charge in [0.2, 0.25) is 0 Å². The summed E-state index contributed by atoms with van der Waals surface area (Å²) >= 11 is 0. The maximum Gasteiger partial charge on any atom is 0.0687 e. The van der Waals surface area contributed by atoms with Gasteiger partial charge in [-0.25, -0.2) is 0 Å². The SMILES string of the molecule is CCCCC(C)(OC(C)(CCCC)C(C)CCC)C(C)CCC. The zero-order chi connectivity index (χ0) is 17.9. The molecular weight excluding hydrogens is 280 g/mol. The zero-order valence-electron chi connectivity index (χ0n) is 17.6. The molecule has 0 saturated carbocycles. The summed E-state index contributed by atoms with van der Waals surface area (Å²) in [5.41, 5.74) is 0.0486. The van der Waals surface area contributed by atoms with E-state index in [4.69, 9.17) is 4.74 Å². The van der Waals surface area contributed by atoms with Gasteiger partial charge in [0.1, 0.15) is 0 Å². The molecule has 0 heterocycles. The van der Waals surface area contributed by atoms with Crippen molar-refractivity contribution >= 4 is 0 Å². The first-order valence-corrected chi connectivity index (χ1v) is 10.5. The standard InChI is InChI=1S/C22H46O/c1-9-13-17-21(7,19(5)15-11-3)23-22(8,18-14-10-2)20(6)16-12-4/h19-20H,9-18H2,1-8H3. The lowest BCUT2D eigenvalue weighted by atomic mass is 9.78. The summed E-state index contributed by atoms with van der Waals surface area (Å²) in [6.07, 6.45) is 12.5. The summed E-state index contributed by atoms with van der Waals surface area (Å²) in [6.45, 7) is 18.8. The van der Waals surface area contributed by atoms with Gasteiger partial charge in [-0.15, -0.1) is 0 Å². The van der Waals surface area contributed by atoms with E-state index in [1.807, 2.05) is 0 Å². The van der Waals surface area contributed by atoms with Crippen LogP contribution in [0.15, 0.2) is 0 Å². The van der Waals surface area contributed by atoms with Crippen molar-refractivity contribution in [3.8, 4) is 0 Å². The second kappa shape index (κ2) is 11.5. The van der Waals surface area contributed by atoms with E-state index >= 15 is 0 Å². The Labute approximate surface area is 148 Å². The Morgan fingerprint density at radius 1 is 0.652 bits per heavy atom. The lowest BCUT2D eigenvalue weighted by Gasteiger charge is -2.47. The average molecular weight is 327 g/mol. The molecule has 0 radical (unpaired) electrons. The van der Waals surface area contributed by atoms with Gasteiger partial charge in [-0.3, -0.25) is 0 Å². The van der Waals surface area contributed by atoms with Crippen LogP contribution in [0.4, 0.5) is 0 Å². The Morgan fingerprint density at radius 2 is 1.00 bits per heavy atom. The van der Waals surface area contributed by atoms with Crippen LogP contribution in [-0.2, 0) is 4.74 Å². The molecule has 140 valence electrons. The largest absolute Gasteiger partial charge is 0.369 e. The topological polar surface area (TPSA) is 9.23 Å². The van der Waals surface area contributed by atoms with Gasteiger partial charge < -0.3 is 4.74 Å². The molecule has 0 bridgehead atoms. The van der Waals surface area contributed by atoms with E-state index in [0.29, 0.717) is 11.8 Å². The quantitative estimate of drug-likeness (QED) is 0.317. The Bertz CT molecular complexity index is 260. The van der Waals surface area contributed by atoms with Crippen molar-refractivity contribution in [3.05, 3.63) is 0 Å². The van der Waals surface area contributed by atoms with E-state index < -0.39 is 0 Å². The molecule has 1 heteroatoms. The maximum absolute atomic E-state index is 7.06. The van der Waals surface area contributed by atoms with E-state index in [-0.39, 0.29) is 11.2 Å². The first-order valence-electron chi connectivity index (χ1n) is 10.5. The summed E-state index contributed by atoms with van der Waals surface area (Å²) in [5, 5.41) is 0. The molecule has 23 heavy (non-hydrogen) atoms. The van der Waals surface area contributed by atoms with Crippen LogP contribution < -0.4 is 0 Å². The first kappa shape index (κ1) is 23.0. The smallest absolute Gasteiger partial charge is 0.0687 e. The van der Waals surface area contributed by atoms with Crippen LogP contribution in [0.1, 0.15) is 120 Å². The predicted octanol–water partition coefficient (Wildman–Crippen LogP) is 7.77.